The summed E-state index contributed by atoms with van der Waals surface area (Å²) in [5.41, 5.74) is 2.53. The van der Waals surface area contributed by atoms with Crippen LogP contribution in [0.2, 0.25) is 0 Å². The first-order chi connectivity index (χ1) is 13.3. The fourth-order valence-electron chi connectivity index (χ4n) is 3.63. The molecular formula is C21H24N2O5. The number of nitrogens with zero attached hydrogens (tertiary/aromatic N) is 1. The number of benzene rings is 1. The maximum Gasteiger partial charge on any atom is 0.329 e. The SMILES string of the molecule is Cc1ccc(C)c(NC(=O)COC(=O)[C@H](C)N2C(=O)[C@H]3CC=CC[C@@H]3C2=O)c1. The summed E-state index contributed by atoms with van der Waals surface area (Å²) in [4.78, 5) is 50.5. The van der Waals surface area contributed by atoms with Crippen molar-refractivity contribution in [3.63, 3.8) is 0 Å². The van der Waals surface area contributed by atoms with Crippen LogP contribution < -0.4 is 5.32 Å². The molecule has 3 rings (SSSR count). The topological polar surface area (TPSA) is 92.8 Å². The molecule has 7 heteroatoms. The normalized spacial score (nSPS) is 22.0. The zero-order valence-electron chi connectivity index (χ0n) is 16.2. The van der Waals surface area contributed by atoms with E-state index in [0.29, 0.717) is 18.5 Å². The molecule has 1 saturated heterocycles. The van der Waals surface area contributed by atoms with Crippen molar-refractivity contribution in [1.82, 2.24) is 4.90 Å². The Kier molecular flexibility index (Phi) is 5.63. The van der Waals surface area contributed by atoms with Crippen molar-refractivity contribution in [2.45, 2.75) is 39.7 Å². The molecule has 7 nitrogen and oxygen atoms in total. The van der Waals surface area contributed by atoms with Crippen LogP contribution >= 0.6 is 0 Å². The van der Waals surface area contributed by atoms with E-state index >= 15 is 0 Å². The van der Waals surface area contributed by atoms with E-state index in [2.05, 4.69) is 5.32 Å². The minimum absolute atomic E-state index is 0.344. The molecule has 28 heavy (non-hydrogen) atoms. The summed E-state index contributed by atoms with van der Waals surface area (Å²) in [6.07, 6.45) is 4.78. The van der Waals surface area contributed by atoms with Gasteiger partial charge in [0.25, 0.3) is 5.91 Å². The molecule has 1 fully saturated rings. The lowest BCUT2D eigenvalue weighted by atomic mass is 9.85. The van der Waals surface area contributed by atoms with Gasteiger partial charge in [-0.3, -0.25) is 19.3 Å². The number of carbonyl (C=O) groups is 4. The average molecular weight is 384 g/mol. The largest absolute Gasteiger partial charge is 0.454 e. The van der Waals surface area contributed by atoms with Crippen LogP contribution in [0.4, 0.5) is 5.69 Å². The Labute approximate surface area is 163 Å². The van der Waals surface area contributed by atoms with Gasteiger partial charge in [-0.2, -0.15) is 0 Å². The summed E-state index contributed by atoms with van der Waals surface area (Å²) < 4.78 is 5.06. The lowest BCUT2D eigenvalue weighted by Crippen LogP contribution is -2.45. The van der Waals surface area contributed by atoms with Gasteiger partial charge >= 0.3 is 5.97 Å². The number of allylic oxidation sites excluding steroid dienone is 2. The minimum Gasteiger partial charge on any atom is -0.454 e. The Hall–Kier alpha value is -2.96. The summed E-state index contributed by atoms with van der Waals surface area (Å²) in [5, 5.41) is 2.70. The van der Waals surface area contributed by atoms with Crippen LogP contribution in [0.5, 0.6) is 0 Å². The standard InChI is InChI=1S/C21H24N2O5/c1-12-8-9-13(2)17(10-12)22-18(24)11-28-21(27)14(3)23-19(25)15-6-4-5-7-16(15)20(23)26/h4-5,8-10,14-16H,6-7,11H2,1-3H3,(H,22,24)/t14-,15-,16-/m0/s1. The molecule has 2 aliphatic rings. The second kappa shape index (κ2) is 7.96. The number of anilines is 1. The summed E-state index contributed by atoms with van der Waals surface area (Å²) in [6.45, 7) is 4.74. The van der Waals surface area contributed by atoms with Crippen LogP contribution in [-0.4, -0.2) is 41.2 Å². The smallest absolute Gasteiger partial charge is 0.329 e. The van der Waals surface area contributed by atoms with Crippen LogP contribution in [0.15, 0.2) is 30.4 Å². The maximum atomic E-state index is 12.5. The molecule has 0 bridgehead atoms. The first kappa shape index (κ1) is 19.8. The molecule has 0 radical (unpaired) electrons. The molecule has 0 spiro atoms. The predicted octanol–water partition coefficient (Wildman–Crippen LogP) is 2.12. The summed E-state index contributed by atoms with van der Waals surface area (Å²) >= 11 is 0. The number of nitrogens with one attached hydrogen (secondary N) is 1. The van der Waals surface area contributed by atoms with Crippen molar-refractivity contribution in [3.05, 3.63) is 41.5 Å². The molecule has 1 aliphatic carbocycles. The van der Waals surface area contributed by atoms with Gasteiger partial charge in [-0.15, -0.1) is 0 Å². The molecule has 3 amide bonds. The zero-order valence-corrected chi connectivity index (χ0v) is 16.2. The molecular weight excluding hydrogens is 360 g/mol. The van der Waals surface area contributed by atoms with Gasteiger partial charge in [0.2, 0.25) is 11.8 Å². The van der Waals surface area contributed by atoms with E-state index in [-0.39, 0.29) is 11.8 Å². The van der Waals surface area contributed by atoms with Gasteiger partial charge in [-0.1, -0.05) is 24.3 Å². The Balaban J connectivity index is 1.57. The van der Waals surface area contributed by atoms with Gasteiger partial charge < -0.3 is 10.1 Å². The van der Waals surface area contributed by atoms with Gasteiger partial charge in [-0.25, -0.2) is 4.79 Å². The van der Waals surface area contributed by atoms with Crippen LogP contribution in [0.1, 0.15) is 30.9 Å². The minimum atomic E-state index is -1.06. The van der Waals surface area contributed by atoms with Gasteiger partial charge in [0, 0.05) is 5.69 Å². The third kappa shape index (κ3) is 3.83. The number of fused-ring (bicyclic) bond motifs is 1. The number of imide groups is 1. The fourth-order valence-corrected chi connectivity index (χ4v) is 3.63. The van der Waals surface area contributed by atoms with Crippen LogP contribution in [-0.2, 0) is 23.9 Å². The molecule has 1 heterocycles. The summed E-state index contributed by atoms with van der Waals surface area (Å²) in [6, 6.07) is 4.59. The number of hydrogen-bond acceptors (Lipinski definition) is 5. The van der Waals surface area contributed by atoms with Crippen LogP contribution in [0.3, 0.4) is 0 Å². The van der Waals surface area contributed by atoms with Crippen molar-refractivity contribution in [1.29, 1.82) is 0 Å². The molecule has 1 N–H and O–H groups in total. The maximum absolute atomic E-state index is 12.5. The molecule has 1 aliphatic heterocycles. The second-order valence-electron chi connectivity index (χ2n) is 7.35. The fraction of sp³-hybridized carbons (Fsp3) is 0.429. The number of rotatable bonds is 5. The lowest BCUT2D eigenvalue weighted by molar-refractivity contribution is -0.159. The van der Waals surface area contributed by atoms with E-state index < -0.39 is 36.4 Å². The Morgan fingerprint density at radius 1 is 1.14 bits per heavy atom. The summed E-state index contributed by atoms with van der Waals surface area (Å²) in [7, 11) is 0. The van der Waals surface area contributed by atoms with Gasteiger partial charge in [0.15, 0.2) is 6.61 Å². The van der Waals surface area contributed by atoms with Crippen molar-refractivity contribution in [2.75, 3.05) is 11.9 Å². The first-order valence-corrected chi connectivity index (χ1v) is 9.35. The third-order valence-corrected chi connectivity index (χ3v) is 5.28. The van der Waals surface area contributed by atoms with Crippen LogP contribution in [0, 0.1) is 25.7 Å². The third-order valence-electron chi connectivity index (χ3n) is 5.28. The van der Waals surface area contributed by atoms with Gasteiger partial charge in [0.05, 0.1) is 11.8 Å². The van der Waals surface area contributed by atoms with E-state index in [1.54, 1.807) is 0 Å². The highest BCUT2D eigenvalue weighted by Crippen LogP contribution is 2.36. The molecule has 0 unspecified atom stereocenters. The number of likely N-dealkylation sites (tertiary alicyclic amines) is 1. The molecule has 1 aromatic carbocycles. The number of ether oxygens (including phenoxy) is 1. The number of carbonyl (C=O) groups excluding carboxylic acids is 4. The molecule has 148 valence electrons. The van der Waals surface area contributed by atoms with E-state index in [1.165, 1.54) is 6.92 Å². The van der Waals surface area contributed by atoms with E-state index in [9.17, 15) is 19.2 Å². The number of hydrogen-bond donors (Lipinski definition) is 1. The van der Waals surface area contributed by atoms with Crippen molar-refractivity contribution >= 4 is 29.4 Å². The van der Waals surface area contributed by atoms with Crippen molar-refractivity contribution in [3.8, 4) is 0 Å². The van der Waals surface area contributed by atoms with Crippen molar-refractivity contribution in [2.24, 2.45) is 11.8 Å². The van der Waals surface area contributed by atoms with E-state index in [0.717, 1.165) is 16.0 Å². The quantitative estimate of drug-likeness (QED) is 0.477. The highest BCUT2D eigenvalue weighted by atomic mass is 16.5. The molecule has 0 saturated carbocycles. The average Bonchev–Trinajstić information content (AvgIpc) is 2.93. The lowest BCUT2D eigenvalue weighted by Gasteiger charge is -2.21. The zero-order chi connectivity index (χ0) is 20.4. The summed E-state index contributed by atoms with van der Waals surface area (Å²) in [5.74, 6) is -2.75. The van der Waals surface area contributed by atoms with Crippen LogP contribution in [0.25, 0.3) is 0 Å². The highest BCUT2D eigenvalue weighted by molar-refractivity contribution is 6.08. The number of amides is 3. The van der Waals surface area contributed by atoms with E-state index in [1.807, 2.05) is 44.2 Å². The Morgan fingerprint density at radius 2 is 1.75 bits per heavy atom. The first-order valence-electron chi connectivity index (χ1n) is 9.35. The predicted molar refractivity (Wildman–Crippen MR) is 102 cm³/mol. The molecule has 1 aromatic rings. The van der Waals surface area contributed by atoms with Gasteiger partial charge in [-0.05, 0) is 50.8 Å². The van der Waals surface area contributed by atoms with Crippen molar-refractivity contribution < 1.29 is 23.9 Å². The molecule has 0 aromatic heterocycles. The van der Waals surface area contributed by atoms with Gasteiger partial charge in [0.1, 0.15) is 6.04 Å². The highest BCUT2D eigenvalue weighted by Gasteiger charge is 2.50. The van der Waals surface area contributed by atoms with E-state index in [4.69, 9.17) is 4.74 Å². The monoisotopic (exact) mass is 384 g/mol. The Bertz CT molecular complexity index is 834. The Morgan fingerprint density at radius 3 is 2.36 bits per heavy atom. The second-order valence-corrected chi connectivity index (χ2v) is 7.35. The molecule has 3 atom stereocenters. The number of esters is 1. The number of aryl methyl sites for hydroxylation is 2.